The van der Waals surface area contributed by atoms with Crippen molar-refractivity contribution in [3.63, 3.8) is 0 Å². The molecule has 1 aliphatic heterocycles. The Bertz CT molecular complexity index is 877. The number of rotatable bonds is 6. The van der Waals surface area contributed by atoms with Crippen LogP contribution in [0, 0.1) is 0 Å². The number of allylic oxidation sites excluding steroid dienone is 1. The molecule has 3 rings (SSSR count). The summed E-state index contributed by atoms with van der Waals surface area (Å²) in [5, 5.41) is 0. The van der Waals surface area contributed by atoms with E-state index >= 15 is 0 Å². The van der Waals surface area contributed by atoms with Crippen molar-refractivity contribution >= 4 is 33.5 Å². The number of methoxy groups -OCH3 is 1. The van der Waals surface area contributed by atoms with E-state index in [1.165, 1.54) is 0 Å². The molecular weight excluding hydrogens is 414 g/mol. The molecule has 0 amide bonds. The average molecular weight is 434 g/mol. The molecule has 0 saturated heterocycles. The summed E-state index contributed by atoms with van der Waals surface area (Å²) < 4.78 is 22.4. The number of anilines is 1. The molecule has 0 aromatic heterocycles. The second-order valence-corrected chi connectivity index (χ2v) is 6.61. The highest BCUT2D eigenvalue weighted by atomic mass is 79.9. The van der Waals surface area contributed by atoms with Gasteiger partial charge in [-0.1, -0.05) is 0 Å². The highest BCUT2D eigenvalue weighted by Crippen LogP contribution is 2.41. The predicted octanol–water partition coefficient (Wildman–Crippen LogP) is 4.07. The third-order valence-corrected chi connectivity index (χ3v) is 4.53. The van der Waals surface area contributed by atoms with Crippen molar-refractivity contribution < 1.29 is 23.7 Å². The van der Waals surface area contributed by atoms with Crippen molar-refractivity contribution in [3.05, 3.63) is 45.9 Å². The quantitative estimate of drug-likeness (QED) is 0.420. The van der Waals surface area contributed by atoms with Gasteiger partial charge in [0.2, 0.25) is 5.75 Å². The summed E-state index contributed by atoms with van der Waals surface area (Å²) in [4.78, 5) is 12.8. The van der Waals surface area contributed by atoms with Crippen molar-refractivity contribution in [3.8, 4) is 23.0 Å². The van der Waals surface area contributed by atoms with E-state index in [1.54, 1.807) is 43.5 Å². The van der Waals surface area contributed by atoms with Gasteiger partial charge < -0.3 is 24.7 Å². The fraction of sp³-hybridized carbons (Fsp3) is 0.250. The van der Waals surface area contributed by atoms with Crippen LogP contribution in [-0.2, 0) is 0 Å². The number of ether oxygens (including phenoxy) is 4. The minimum absolute atomic E-state index is 0.190. The van der Waals surface area contributed by atoms with Gasteiger partial charge in [0.25, 0.3) is 0 Å². The molecule has 6 nitrogen and oxygen atoms in total. The second-order valence-electron chi connectivity index (χ2n) is 5.75. The summed E-state index contributed by atoms with van der Waals surface area (Å²) in [6, 6.07) is 8.56. The van der Waals surface area contributed by atoms with Gasteiger partial charge in [-0.3, -0.25) is 4.79 Å². The lowest BCUT2D eigenvalue weighted by Crippen LogP contribution is -2.16. The number of Topliss-reactive ketones (excluding diaryl/α,β-unsaturated/α-hetero) is 1. The Hall–Kier alpha value is -2.67. The first-order valence-corrected chi connectivity index (χ1v) is 9.24. The van der Waals surface area contributed by atoms with Crippen molar-refractivity contribution in [2.75, 3.05) is 32.7 Å². The molecule has 1 heterocycles. The number of fused-ring (bicyclic) bond motifs is 1. The number of ketones is 1. The molecule has 2 N–H and O–H groups in total. The SMILES string of the molecule is CCOc1cc(C(=O)/C(Br)=C\c2cc(OC)c3c(c2)OCCO3)ccc1N. The number of hydrogen-bond donors (Lipinski definition) is 1. The van der Waals surface area contributed by atoms with Gasteiger partial charge in [0.15, 0.2) is 17.3 Å². The number of carbonyl (C=O) groups is 1. The molecule has 0 spiro atoms. The molecule has 0 fully saturated rings. The molecule has 27 heavy (non-hydrogen) atoms. The lowest BCUT2D eigenvalue weighted by atomic mass is 10.1. The molecule has 0 unspecified atom stereocenters. The Morgan fingerprint density at radius 2 is 2.00 bits per heavy atom. The monoisotopic (exact) mass is 433 g/mol. The van der Waals surface area contributed by atoms with E-state index in [4.69, 9.17) is 24.7 Å². The third-order valence-electron chi connectivity index (χ3n) is 3.94. The van der Waals surface area contributed by atoms with E-state index in [1.807, 2.05) is 6.92 Å². The van der Waals surface area contributed by atoms with Crippen LogP contribution in [0.1, 0.15) is 22.8 Å². The predicted molar refractivity (Wildman–Crippen MR) is 107 cm³/mol. The van der Waals surface area contributed by atoms with Crippen LogP contribution in [0.15, 0.2) is 34.8 Å². The summed E-state index contributed by atoms with van der Waals surface area (Å²) in [7, 11) is 1.56. The Morgan fingerprint density at radius 1 is 1.22 bits per heavy atom. The maximum absolute atomic E-state index is 12.8. The van der Waals surface area contributed by atoms with E-state index in [2.05, 4.69) is 15.9 Å². The number of nitrogens with two attached hydrogens (primary N) is 1. The van der Waals surface area contributed by atoms with Gasteiger partial charge in [0.1, 0.15) is 19.0 Å². The first-order chi connectivity index (χ1) is 13.0. The summed E-state index contributed by atoms with van der Waals surface area (Å²) in [5.41, 5.74) is 7.58. The van der Waals surface area contributed by atoms with Crippen LogP contribution in [-0.4, -0.2) is 32.7 Å². The van der Waals surface area contributed by atoms with Gasteiger partial charge in [-0.2, -0.15) is 0 Å². The van der Waals surface area contributed by atoms with Gasteiger partial charge in [-0.15, -0.1) is 0 Å². The van der Waals surface area contributed by atoms with E-state index in [-0.39, 0.29) is 5.78 Å². The molecule has 142 valence electrons. The molecule has 1 aliphatic rings. The zero-order valence-electron chi connectivity index (χ0n) is 15.1. The highest BCUT2D eigenvalue weighted by Gasteiger charge is 2.19. The summed E-state index contributed by atoms with van der Waals surface area (Å²) in [5.74, 6) is 2.01. The second kappa shape index (κ2) is 8.35. The van der Waals surface area contributed by atoms with Crippen LogP contribution in [0.2, 0.25) is 0 Å². The number of carbonyl (C=O) groups excluding carboxylic acids is 1. The molecular formula is C20H20BrNO5. The van der Waals surface area contributed by atoms with E-state index in [9.17, 15) is 4.79 Å². The van der Waals surface area contributed by atoms with Crippen LogP contribution in [0.25, 0.3) is 6.08 Å². The molecule has 0 radical (unpaired) electrons. The lowest BCUT2D eigenvalue weighted by molar-refractivity contribution is 0.104. The molecule has 7 heteroatoms. The highest BCUT2D eigenvalue weighted by molar-refractivity contribution is 9.12. The number of nitrogen functional groups attached to an aromatic ring is 1. The molecule has 0 saturated carbocycles. The fourth-order valence-corrected chi connectivity index (χ4v) is 3.18. The van der Waals surface area contributed by atoms with Gasteiger partial charge >= 0.3 is 0 Å². The van der Waals surface area contributed by atoms with Crippen LogP contribution < -0.4 is 24.7 Å². The van der Waals surface area contributed by atoms with E-state index < -0.39 is 0 Å². The van der Waals surface area contributed by atoms with Crippen LogP contribution in [0.4, 0.5) is 5.69 Å². The minimum atomic E-state index is -0.190. The topological polar surface area (TPSA) is 80.0 Å². The average Bonchev–Trinajstić information content (AvgIpc) is 2.68. The van der Waals surface area contributed by atoms with Crippen LogP contribution >= 0.6 is 15.9 Å². The smallest absolute Gasteiger partial charge is 0.203 e. The number of benzene rings is 2. The third kappa shape index (κ3) is 4.19. The van der Waals surface area contributed by atoms with Gasteiger partial charge in [0, 0.05) is 5.56 Å². The zero-order chi connectivity index (χ0) is 19.4. The summed E-state index contributed by atoms with van der Waals surface area (Å²) >= 11 is 3.37. The van der Waals surface area contributed by atoms with Crippen molar-refractivity contribution in [1.29, 1.82) is 0 Å². The van der Waals surface area contributed by atoms with E-state index in [0.29, 0.717) is 58.6 Å². The minimum Gasteiger partial charge on any atom is -0.493 e. The lowest BCUT2D eigenvalue weighted by Gasteiger charge is -2.21. The van der Waals surface area contributed by atoms with Crippen molar-refractivity contribution in [1.82, 2.24) is 0 Å². The zero-order valence-corrected chi connectivity index (χ0v) is 16.7. The molecule has 0 bridgehead atoms. The van der Waals surface area contributed by atoms with Gasteiger partial charge in [-0.25, -0.2) is 0 Å². The van der Waals surface area contributed by atoms with E-state index in [0.717, 1.165) is 5.56 Å². The van der Waals surface area contributed by atoms with Crippen molar-refractivity contribution in [2.24, 2.45) is 0 Å². The maximum atomic E-state index is 12.8. The normalized spacial score (nSPS) is 13.2. The first kappa shape index (κ1) is 19.1. The maximum Gasteiger partial charge on any atom is 0.203 e. The number of halogens is 1. The molecule has 0 aliphatic carbocycles. The first-order valence-electron chi connectivity index (χ1n) is 8.45. The standard InChI is InChI=1S/C20H20BrNO5/c1-3-25-16-11-13(4-5-15(16)22)19(23)14(21)8-12-9-17(24-2)20-18(10-12)26-6-7-27-20/h4-5,8-11H,3,6-7,22H2,1-2H3/b14-8+. The summed E-state index contributed by atoms with van der Waals surface area (Å²) in [6.45, 7) is 3.27. The Morgan fingerprint density at radius 3 is 2.74 bits per heavy atom. The Balaban J connectivity index is 1.91. The Kier molecular flexibility index (Phi) is 5.91. The van der Waals surface area contributed by atoms with Crippen LogP contribution in [0.5, 0.6) is 23.0 Å². The number of hydrogen-bond acceptors (Lipinski definition) is 6. The van der Waals surface area contributed by atoms with Crippen LogP contribution in [0.3, 0.4) is 0 Å². The molecule has 0 atom stereocenters. The van der Waals surface area contributed by atoms with Gasteiger partial charge in [0.05, 0.1) is 23.9 Å². The van der Waals surface area contributed by atoms with Crippen molar-refractivity contribution in [2.45, 2.75) is 6.92 Å². The molecule has 2 aromatic carbocycles. The fourth-order valence-electron chi connectivity index (χ4n) is 2.68. The largest absolute Gasteiger partial charge is 0.493 e. The Labute approximate surface area is 166 Å². The summed E-state index contributed by atoms with van der Waals surface area (Å²) in [6.07, 6.45) is 1.71. The molecule has 2 aromatic rings. The van der Waals surface area contributed by atoms with Gasteiger partial charge in [-0.05, 0) is 64.8 Å².